The quantitative estimate of drug-likeness (QED) is 0.634. The van der Waals surface area contributed by atoms with Crippen molar-refractivity contribution in [1.82, 2.24) is 9.88 Å². The number of carbonyl (C=O) groups excluding carboxylic acids is 1. The summed E-state index contributed by atoms with van der Waals surface area (Å²) >= 11 is 3.48. The first kappa shape index (κ1) is 17.0. The van der Waals surface area contributed by atoms with E-state index < -0.39 is 0 Å². The number of anilines is 1. The maximum absolute atomic E-state index is 13.0. The number of hydrogen-bond acceptors (Lipinski definition) is 3. The molecule has 0 unspecified atom stereocenters. The molecule has 0 spiro atoms. The number of carbonyl (C=O) groups is 1. The Morgan fingerprint density at radius 2 is 1.73 bits per heavy atom. The molecule has 0 bridgehead atoms. The van der Waals surface area contributed by atoms with Crippen molar-refractivity contribution in [2.75, 3.05) is 31.1 Å². The average Bonchev–Trinajstić information content (AvgIpc) is 2.67. The molecule has 0 atom stereocenters. The van der Waals surface area contributed by atoms with Crippen LogP contribution in [0.25, 0.3) is 10.9 Å². The molecular weight excluding hydrogens is 397 g/mol. The Labute approximate surface area is 159 Å². The predicted molar refractivity (Wildman–Crippen MR) is 104 cm³/mol. The van der Waals surface area contributed by atoms with E-state index in [4.69, 9.17) is 0 Å². The lowest BCUT2D eigenvalue weighted by molar-refractivity contribution is 0.0747. The monoisotopic (exact) mass is 413 g/mol. The molecule has 132 valence electrons. The number of amides is 1. The van der Waals surface area contributed by atoms with E-state index in [0.29, 0.717) is 18.7 Å². The van der Waals surface area contributed by atoms with Crippen molar-refractivity contribution in [2.45, 2.75) is 0 Å². The van der Waals surface area contributed by atoms with Crippen LogP contribution in [0.3, 0.4) is 0 Å². The zero-order chi connectivity index (χ0) is 18.1. The summed E-state index contributed by atoms with van der Waals surface area (Å²) in [5.74, 6) is -0.379. The lowest BCUT2D eigenvalue weighted by atomic mass is 10.1. The van der Waals surface area contributed by atoms with Gasteiger partial charge in [0, 0.05) is 53.5 Å². The molecule has 1 aromatic heterocycles. The summed E-state index contributed by atoms with van der Waals surface area (Å²) in [6, 6.07) is 13.8. The summed E-state index contributed by atoms with van der Waals surface area (Å²) in [6.45, 7) is 2.78. The molecule has 0 N–H and O–H groups in total. The van der Waals surface area contributed by atoms with Gasteiger partial charge in [-0.15, -0.1) is 0 Å². The summed E-state index contributed by atoms with van der Waals surface area (Å²) in [5, 5.41) is 1.11. The molecule has 1 aliphatic rings. The van der Waals surface area contributed by atoms with Gasteiger partial charge in [-0.3, -0.25) is 9.78 Å². The summed E-state index contributed by atoms with van der Waals surface area (Å²) in [6.07, 6.45) is 1.82. The second-order valence-electron chi connectivity index (χ2n) is 6.28. The number of halogens is 2. The Morgan fingerprint density at radius 3 is 2.46 bits per heavy atom. The number of pyridine rings is 1. The average molecular weight is 414 g/mol. The lowest BCUT2D eigenvalue weighted by Gasteiger charge is -2.36. The maximum atomic E-state index is 13.0. The number of rotatable bonds is 2. The summed E-state index contributed by atoms with van der Waals surface area (Å²) in [5.41, 5.74) is 2.61. The smallest absolute Gasteiger partial charge is 0.253 e. The molecule has 1 fully saturated rings. The van der Waals surface area contributed by atoms with Crippen LogP contribution in [0.5, 0.6) is 0 Å². The van der Waals surface area contributed by atoms with Crippen LogP contribution in [0.2, 0.25) is 0 Å². The third-order valence-electron chi connectivity index (χ3n) is 4.68. The molecule has 2 heterocycles. The zero-order valence-corrected chi connectivity index (χ0v) is 15.6. The van der Waals surface area contributed by atoms with Gasteiger partial charge in [-0.1, -0.05) is 15.9 Å². The van der Waals surface area contributed by atoms with Gasteiger partial charge in [-0.25, -0.2) is 4.39 Å². The molecule has 1 saturated heterocycles. The van der Waals surface area contributed by atoms with Gasteiger partial charge in [0.2, 0.25) is 0 Å². The van der Waals surface area contributed by atoms with Crippen molar-refractivity contribution >= 4 is 38.4 Å². The Hall–Kier alpha value is -2.47. The second kappa shape index (κ2) is 7.03. The largest absolute Gasteiger partial charge is 0.367 e. The Morgan fingerprint density at radius 1 is 1.00 bits per heavy atom. The minimum atomic E-state index is -0.331. The standard InChI is InChI=1S/C20H17BrFN3O/c21-15-3-6-17-18(13-15)23-8-7-19(17)24-9-11-25(12-10-24)20(26)14-1-4-16(22)5-2-14/h1-8,13H,9-12H2. The van der Waals surface area contributed by atoms with E-state index in [1.54, 1.807) is 0 Å². The van der Waals surface area contributed by atoms with Gasteiger partial charge in [-0.05, 0) is 48.5 Å². The van der Waals surface area contributed by atoms with Crippen LogP contribution in [0.4, 0.5) is 10.1 Å². The SMILES string of the molecule is O=C(c1ccc(F)cc1)N1CCN(c2ccnc3cc(Br)ccc23)CC1. The van der Waals surface area contributed by atoms with Gasteiger partial charge in [0.15, 0.2) is 0 Å². The normalized spacial score (nSPS) is 14.7. The van der Waals surface area contributed by atoms with Crippen LogP contribution in [0, 0.1) is 5.82 Å². The first-order valence-corrected chi connectivity index (χ1v) is 9.25. The van der Waals surface area contributed by atoms with Crippen molar-refractivity contribution in [2.24, 2.45) is 0 Å². The van der Waals surface area contributed by atoms with Crippen LogP contribution in [-0.2, 0) is 0 Å². The van der Waals surface area contributed by atoms with E-state index >= 15 is 0 Å². The molecule has 26 heavy (non-hydrogen) atoms. The van der Waals surface area contributed by atoms with Crippen molar-refractivity contribution in [1.29, 1.82) is 0 Å². The first-order valence-electron chi connectivity index (χ1n) is 8.46. The van der Waals surface area contributed by atoms with Gasteiger partial charge in [0.1, 0.15) is 5.82 Å². The van der Waals surface area contributed by atoms with Crippen molar-refractivity contribution in [3.8, 4) is 0 Å². The van der Waals surface area contributed by atoms with E-state index in [0.717, 1.165) is 34.2 Å². The number of benzene rings is 2. The van der Waals surface area contributed by atoms with E-state index in [9.17, 15) is 9.18 Å². The molecule has 0 saturated carbocycles. The van der Waals surface area contributed by atoms with E-state index in [2.05, 4.69) is 31.9 Å². The number of piperazine rings is 1. The number of aromatic nitrogens is 1. The molecule has 3 aromatic rings. The van der Waals surface area contributed by atoms with E-state index in [-0.39, 0.29) is 11.7 Å². The van der Waals surface area contributed by atoms with Crippen molar-refractivity contribution < 1.29 is 9.18 Å². The zero-order valence-electron chi connectivity index (χ0n) is 14.0. The summed E-state index contributed by atoms with van der Waals surface area (Å²) < 4.78 is 14.0. The fourth-order valence-electron chi connectivity index (χ4n) is 3.31. The molecule has 6 heteroatoms. The predicted octanol–water partition coefficient (Wildman–Crippen LogP) is 4.10. The van der Waals surface area contributed by atoms with Crippen molar-refractivity contribution in [3.63, 3.8) is 0 Å². The van der Waals surface area contributed by atoms with Crippen LogP contribution in [0.1, 0.15) is 10.4 Å². The molecular formula is C20H17BrFN3O. The van der Waals surface area contributed by atoms with E-state index in [1.807, 2.05) is 29.3 Å². The highest BCUT2D eigenvalue weighted by Crippen LogP contribution is 2.28. The fourth-order valence-corrected chi connectivity index (χ4v) is 3.66. The molecule has 0 aliphatic carbocycles. The Bertz CT molecular complexity index is 953. The second-order valence-corrected chi connectivity index (χ2v) is 7.19. The molecule has 4 nitrogen and oxygen atoms in total. The minimum Gasteiger partial charge on any atom is -0.367 e. The molecule has 2 aromatic carbocycles. The van der Waals surface area contributed by atoms with E-state index in [1.165, 1.54) is 24.3 Å². The van der Waals surface area contributed by atoms with Crippen LogP contribution < -0.4 is 4.90 Å². The minimum absolute atomic E-state index is 0.0480. The third kappa shape index (κ3) is 3.29. The topological polar surface area (TPSA) is 36.4 Å². The number of hydrogen-bond donors (Lipinski definition) is 0. The highest BCUT2D eigenvalue weighted by atomic mass is 79.9. The van der Waals surface area contributed by atoms with Gasteiger partial charge in [0.25, 0.3) is 5.91 Å². The van der Waals surface area contributed by atoms with Gasteiger partial charge in [-0.2, -0.15) is 0 Å². The highest BCUT2D eigenvalue weighted by molar-refractivity contribution is 9.10. The Kier molecular flexibility index (Phi) is 4.59. The number of nitrogens with zero attached hydrogens (tertiary/aromatic N) is 3. The molecule has 1 amide bonds. The fraction of sp³-hybridized carbons (Fsp3) is 0.200. The van der Waals surface area contributed by atoms with Crippen molar-refractivity contribution in [3.05, 3.63) is 70.6 Å². The van der Waals surface area contributed by atoms with Gasteiger partial charge >= 0.3 is 0 Å². The summed E-state index contributed by atoms with van der Waals surface area (Å²) in [7, 11) is 0. The molecule has 4 rings (SSSR count). The lowest BCUT2D eigenvalue weighted by Crippen LogP contribution is -2.48. The summed E-state index contributed by atoms with van der Waals surface area (Å²) in [4.78, 5) is 21.1. The van der Waals surface area contributed by atoms with Crippen LogP contribution in [0.15, 0.2) is 59.2 Å². The highest BCUT2D eigenvalue weighted by Gasteiger charge is 2.23. The van der Waals surface area contributed by atoms with Gasteiger partial charge < -0.3 is 9.80 Å². The first-order chi connectivity index (χ1) is 12.6. The molecule has 1 aliphatic heterocycles. The Balaban J connectivity index is 1.50. The molecule has 0 radical (unpaired) electrons. The third-order valence-corrected chi connectivity index (χ3v) is 5.17. The van der Waals surface area contributed by atoms with Gasteiger partial charge in [0.05, 0.1) is 5.52 Å². The van der Waals surface area contributed by atoms with Crippen LogP contribution >= 0.6 is 15.9 Å². The maximum Gasteiger partial charge on any atom is 0.253 e. The van der Waals surface area contributed by atoms with Crippen LogP contribution in [-0.4, -0.2) is 42.0 Å². The number of fused-ring (bicyclic) bond motifs is 1.